The van der Waals surface area contributed by atoms with Gasteiger partial charge in [-0.15, -0.1) is 11.3 Å². The van der Waals surface area contributed by atoms with Crippen LogP contribution in [0.2, 0.25) is 0 Å². The zero-order valence-electron chi connectivity index (χ0n) is 18.2. The smallest absolute Gasteiger partial charge is 0.254 e. The van der Waals surface area contributed by atoms with E-state index in [0.717, 1.165) is 27.3 Å². The van der Waals surface area contributed by atoms with Crippen LogP contribution in [0, 0.1) is 18.3 Å². The van der Waals surface area contributed by atoms with Crippen molar-refractivity contribution in [3.05, 3.63) is 76.4 Å². The fraction of sp³-hybridized carbons (Fsp3) is 0.280. The van der Waals surface area contributed by atoms with Gasteiger partial charge in [0.05, 0.1) is 34.7 Å². The number of thiazole rings is 1. The quantitative estimate of drug-likeness (QED) is 0.588. The van der Waals surface area contributed by atoms with Crippen molar-refractivity contribution in [2.45, 2.75) is 38.5 Å². The number of rotatable bonds is 6. The lowest BCUT2D eigenvalue weighted by Crippen LogP contribution is -2.45. The molecular formula is C25H24N4O3S. The highest BCUT2D eigenvalue weighted by atomic mass is 32.1. The molecule has 4 rings (SSSR count). The van der Waals surface area contributed by atoms with Gasteiger partial charge in [0.15, 0.2) is 0 Å². The summed E-state index contributed by atoms with van der Waals surface area (Å²) in [5, 5.41) is 22.0. The Labute approximate surface area is 196 Å². The highest BCUT2D eigenvalue weighted by Crippen LogP contribution is 2.27. The van der Waals surface area contributed by atoms with Crippen LogP contribution in [-0.2, 0) is 17.8 Å². The number of hydrogen-bond acceptors (Lipinski definition) is 6. The van der Waals surface area contributed by atoms with Crippen LogP contribution in [0.5, 0.6) is 0 Å². The van der Waals surface area contributed by atoms with Gasteiger partial charge in [0.25, 0.3) is 5.91 Å². The summed E-state index contributed by atoms with van der Waals surface area (Å²) >= 11 is 1.59. The van der Waals surface area contributed by atoms with Gasteiger partial charge >= 0.3 is 0 Å². The van der Waals surface area contributed by atoms with E-state index in [2.05, 4.69) is 16.4 Å². The topological polar surface area (TPSA) is 106 Å². The number of nitriles is 1. The number of carbonyl (C=O) groups is 2. The SMILES string of the molecule is Cc1ncsc1-c1ccc(CNC(=O)[C@@H]2C[C@@H](O)CN2C(=O)c2cccc(CC#N)c2)cc1. The van der Waals surface area contributed by atoms with Crippen LogP contribution in [0.25, 0.3) is 10.4 Å². The van der Waals surface area contributed by atoms with Crippen molar-refractivity contribution in [2.75, 3.05) is 6.54 Å². The Morgan fingerprint density at radius 1 is 1.24 bits per heavy atom. The average Bonchev–Trinajstić information content (AvgIpc) is 3.43. The Kier molecular flexibility index (Phi) is 6.82. The average molecular weight is 461 g/mol. The number of amides is 2. The van der Waals surface area contributed by atoms with Gasteiger partial charge in [0, 0.05) is 25.1 Å². The number of likely N-dealkylation sites (tertiary alicyclic amines) is 1. The van der Waals surface area contributed by atoms with Crippen LogP contribution < -0.4 is 5.32 Å². The molecule has 33 heavy (non-hydrogen) atoms. The standard InChI is InChI=1S/C25H24N4O3S/c1-16-23(33-15-28-16)19-7-5-18(6-8-19)13-27-24(31)22-12-21(30)14-29(22)25(32)20-4-2-3-17(11-20)9-10-26/h2-8,11,15,21-22,30H,9,12-14H2,1H3,(H,27,31)/t21-,22+/m1/s1. The number of aliphatic hydroxyl groups is 1. The van der Waals surface area contributed by atoms with E-state index < -0.39 is 12.1 Å². The maximum atomic E-state index is 13.1. The first-order valence-corrected chi connectivity index (χ1v) is 11.6. The molecule has 2 N–H and O–H groups in total. The van der Waals surface area contributed by atoms with Gasteiger partial charge in [-0.3, -0.25) is 9.59 Å². The third-order valence-electron chi connectivity index (χ3n) is 5.73. The lowest BCUT2D eigenvalue weighted by molar-refractivity contribution is -0.125. The second kappa shape index (κ2) is 9.94. The molecule has 0 aliphatic carbocycles. The molecule has 1 saturated heterocycles. The lowest BCUT2D eigenvalue weighted by Gasteiger charge is -2.24. The first-order valence-electron chi connectivity index (χ1n) is 10.7. The molecule has 1 aromatic heterocycles. The molecule has 0 radical (unpaired) electrons. The fourth-order valence-electron chi connectivity index (χ4n) is 4.02. The van der Waals surface area contributed by atoms with E-state index in [1.165, 1.54) is 4.90 Å². The monoisotopic (exact) mass is 460 g/mol. The Morgan fingerprint density at radius 2 is 2.03 bits per heavy atom. The minimum absolute atomic E-state index is 0.0995. The van der Waals surface area contributed by atoms with E-state index in [1.54, 1.807) is 35.6 Å². The molecule has 8 heteroatoms. The molecule has 168 valence electrons. The molecule has 7 nitrogen and oxygen atoms in total. The largest absolute Gasteiger partial charge is 0.391 e. The summed E-state index contributed by atoms with van der Waals surface area (Å²) in [6.45, 7) is 2.40. The highest BCUT2D eigenvalue weighted by Gasteiger charge is 2.39. The number of hydrogen-bond donors (Lipinski definition) is 2. The number of aryl methyl sites for hydroxylation is 1. The van der Waals surface area contributed by atoms with Gasteiger partial charge in [0.2, 0.25) is 5.91 Å². The number of aromatic nitrogens is 1. The van der Waals surface area contributed by atoms with Gasteiger partial charge in [-0.1, -0.05) is 36.4 Å². The summed E-state index contributed by atoms with van der Waals surface area (Å²) in [7, 11) is 0. The molecule has 0 spiro atoms. The van der Waals surface area contributed by atoms with Crippen LogP contribution in [0.15, 0.2) is 54.0 Å². The molecule has 1 aliphatic heterocycles. The van der Waals surface area contributed by atoms with Crippen LogP contribution in [-0.4, -0.2) is 45.5 Å². The molecule has 2 aromatic carbocycles. The number of benzene rings is 2. The van der Waals surface area contributed by atoms with Crippen molar-refractivity contribution in [3.63, 3.8) is 0 Å². The Balaban J connectivity index is 1.41. The zero-order chi connectivity index (χ0) is 23.4. The van der Waals surface area contributed by atoms with Crippen molar-refractivity contribution in [2.24, 2.45) is 0 Å². The summed E-state index contributed by atoms with van der Waals surface area (Å²) < 4.78 is 0. The number of nitrogens with zero attached hydrogens (tertiary/aromatic N) is 3. The number of β-amino-alcohol motifs (C(OH)–C–C–N with tert-alkyl or cyclic N) is 1. The molecule has 3 aromatic rings. The van der Waals surface area contributed by atoms with E-state index in [4.69, 9.17) is 5.26 Å². The molecule has 1 aliphatic rings. The second-order valence-electron chi connectivity index (χ2n) is 8.08. The van der Waals surface area contributed by atoms with E-state index in [9.17, 15) is 14.7 Å². The molecule has 0 bridgehead atoms. The molecule has 2 heterocycles. The summed E-state index contributed by atoms with van der Waals surface area (Å²) in [5.74, 6) is -0.619. The second-order valence-corrected chi connectivity index (χ2v) is 8.93. The number of nitrogens with one attached hydrogen (secondary N) is 1. The maximum Gasteiger partial charge on any atom is 0.254 e. The molecule has 2 atom stereocenters. The molecule has 1 fully saturated rings. The number of aliphatic hydroxyl groups excluding tert-OH is 1. The lowest BCUT2D eigenvalue weighted by atomic mass is 10.1. The number of carbonyl (C=O) groups excluding carboxylic acids is 2. The minimum atomic E-state index is -0.756. The predicted molar refractivity (Wildman–Crippen MR) is 125 cm³/mol. The van der Waals surface area contributed by atoms with Crippen LogP contribution in [0.3, 0.4) is 0 Å². The van der Waals surface area contributed by atoms with Crippen molar-refractivity contribution in [1.29, 1.82) is 5.26 Å². The minimum Gasteiger partial charge on any atom is -0.391 e. The fourth-order valence-corrected chi connectivity index (χ4v) is 4.83. The summed E-state index contributed by atoms with van der Waals surface area (Å²) in [6.07, 6.45) is -0.359. The molecular weight excluding hydrogens is 436 g/mol. The first kappa shape index (κ1) is 22.6. The molecule has 2 amide bonds. The van der Waals surface area contributed by atoms with E-state index in [1.807, 2.05) is 36.7 Å². The van der Waals surface area contributed by atoms with Crippen LogP contribution in [0.4, 0.5) is 0 Å². The van der Waals surface area contributed by atoms with Crippen molar-refractivity contribution >= 4 is 23.2 Å². The normalized spacial score (nSPS) is 17.5. The van der Waals surface area contributed by atoms with E-state index in [0.29, 0.717) is 12.1 Å². The summed E-state index contributed by atoms with van der Waals surface area (Å²) in [6, 6.07) is 16.1. The summed E-state index contributed by atoms with van der Waals surface area (Å²) in [4.78, 5) is 32.8. The molecule has 0 unspecified atom stereocenters. The van der Waals surface area contributed by atoms with Gasteiger partial charge in [-0.05, 0) is 35.7 Å². The Hall–Kier alpha value is -3.54. The van der Waals surface area contributed by atoms with Crippen molar-refractivity contribution in [3.8, 4) is 16.5 Å². The molecule has 0 saturated carbocycles. The van der Waals surface area contributed by atoms with E-state index >= 15 is 0 Å². The van der Waals surface area contributed by atoms with Gasteiger partial charge in [0.1, 0.15) is 6.04 Å². The van der Waals surface area contributed by atoms with Crippen molar-refractivity contribution < 1.29 is 14.7 Å². The Bertz CT molecular complexity index is 1200. The van der Waals surface area contributed by atoms with Gasteiger partial charge < -0.3 is 15.3 Å². The van der Waals surface area contributed by atoms with Crippen LogP contribution in [0.1, 0.15) is 33.6 Å². The third-order valence-corrected chi connectivity index (χ3v) is 6.71. The predicted octanol–water partition coefficient (Wildman–Crippen LogP) is 3.08. The van der Waals surface area contributed by atoms with E-state index in [-0.39, 0.29) is 31.2 Å². The first-order chi connectivity index (χ1) is 16.0. The van der Waals surface area contributed by atoms with Gasteiger partial charge in [-0.2, -0.15) is 5.26 Å². The zero-order valence-corrected chi connectivity index (χ0v) is 19.0. The maximum absolute atomic E-state index is 13.1. The summed E-state index contributed by atoms with van der Waals surface area (Å²) in [5.41, 5.74) is 5.98. The van der Waals surface area contributed by atoms with Crippen molar-refractivity contribution in [1.82, 2.24) is 15.2 Å². The van der Waals surface area contributed by atoms with Crippen LogP contribution >= 0.6 is 11.3 Å². The third kappa shape index (κ3) is 5.11. The van der Waals surface area contributed by atoms with Gasteiger partial charge in [-0.25, -0.2) is 4.98 Å². The highest BCUT2D eigenvalue weighted by molar-refractivity contribution is 7.13. The Morgan fingerprint density at radius 3 is 2.73 bits per heavy atom.